The summed E-state index contributed by atoms with van der Waals surface area (Å²) in [6, 6.07) is 5.38. The third-order valence-electron chi connectivity index (χ3n) is 5.05. The van der Waals surface area contributed by atoms with Gasteiger partial charge in [0.15, 0.2) is 0 Å². The van der Waals surface area contributed by atoms with E-state index >= 15 is 0 Å². The molecule has 1 amide bonds. The van der Waals surface area contributed by atoms with Crippen molar-refractivity contribution in [2.75, 3.05) is 26.7 Å². The Balaban J connectivity index is 1.46. The number of ether oxygens (including phenoxy) is 1. The molecule has 0 bridgehead atoms. The van der Waals surface area contributed by atoms with Gasteiger partial charge >= 0.3 is 0 Å². The number of nitrogens with zero attached hydrogens (tertiary/aromatic N) is 3. The van der Waals surface area contributed by atoms with Crippen molar-refractivity contribution in [2.24, 2.45) is 0 Å². The maximum Gasteiger partial charge on any atom is 0.246 e. The summed E-state index contributed by atoms with van der Waals surface area (Å²) in [7, 11) is 1.65. The van der Waals surface area contributed by atoms with Crippen molar-refractivity contribution in [3.63, 3.8) is 0 Å². The van der Waals surface area contributed by atoms with Crippen LogP contribution in [0.25, 0.3) is 11.0 Å². The van der Waals surface area contributed by atoms with Crippen LogP contribution < -0.4 is 10.1 Å². The Morgan fingerprint density at radius 2 is 2.30 bits per heavy atom. The van der Waals surface area contributed by atoms with Crippen molar-refractivity contribution in [1.82, 2.24) is 30.2 Å². The molecule has 0 saturated carbocycles. The van der Waals surface area contributed by atoms with Crippen LogP contribution >= 0.6 is 0 Å². The lowest BCUT2D eigenvalue weighted by atomic mass is 10.0. The Bertz CT molecular complexity index is 947. The van der Waals surface area contributed by atoms with Crippen molar-refractivity contribution in [3.8, 4) is 5.75 Å². The number of fused-ring (bicyclic) bond motifs is 2. The Labute approximate surface area is 157 Å². The van der Waals surface area contributed by atoms with E-state index in [0.29, 0.717) is 19.5 Å². The maximum atomic E-state index is 13.0. The average molecular weight is 368 g/mol. The van der Waals surface area contributed by atoms with Crippen molar-refractivity contribution < 1.29 is 9.53 Å². The molecule has 1 aliphatic heterocycles. The van der Waals surface area contributed by atoms with Gasteiger partial charge in [0.2, 0.25) is 5.91 Å². The number of likely N-dealkylation sites (N-methyl/N-ethyl adjacent to an activating group) is 1. The lowest BCUT2D eigenvalue weighted by Gasteiger charge is -2.28. The molecule has 0 saturated heterocycles. The lowest BCUT2D eigenvalue weighted by molar-refractivity contribution is -0.133. The molecule has 2 aromatic heterocycles. The fourth-order valence-corrected chi connectivity index (χ4v) is 3.56. The minimum absolute atomic E-state index is 0.0586. The van der Waals surface area contributed by atoms with E-state index in [0.717, 1.165) is 47.0 Å². The number of rotatable bonds is 6. The number of aromatic amines is 2. The molecule has 0 spiro atoms. The molecule has 142 valence electrons. The van der Waals surface area contributed by atoms with Crippen LogP contribution in [0.3, 0.4) is 0 Å². The molecule has 1 aliphatic rings. The summed E-state index contributed by atoms with van der Waals surface area (Å²) < 4.78 is 5.25. The first kappa shape index (κ1) is 17.5. The van der Waals surface area contributed by atoms with Gasteiger partial charge in [-0.15, -0.1) is 0 Å². The van der Waals surface area contributed by atoms with Crippen LogP contribution in [-0.4, -0.2) is 57.5 Å². The first-order chi connectivity index (χ1) is 13.2. The van der Waals surface area contributed by atoms with Crippen molar-refractivity contribution >= 4 is 16.9 Å². The van der Waals surface area contributed by atoms with Crippen LogP contribution in [0.15, 0.2) is 24.5 Å². The smallest absolute Gasteiger partial charge is 0.246 e. The van der Waals surface area contributed by atoms with Gasteiger partial charge in [-0.05, 0) is 19.1 Å². The zero-order valence-electron chi connectivity index (χ0n) is 15.6. The largest absolute Gasteiger partial charge is 0.497 e. The number of carbonyl (C=O) groups excluding carboxylic acids is 1. The minimum atomic E-state index is -0.375. The van der Waals surface area contributed by atoms with Gasteiger partial charge in [0.25, 0.3) is 0 Å². The molecule has 3 N–H and O–H groups in total. The second-order valence-electron chi connectivity index (χ2n) is 6.64. The zero-order chi connectivity index (χ0) is 18.8. The SMILES string of the molecule is CCN(CCc1nc2ccc(OC)cc2[nH]1)C(=O)[C@@H]1NCCc2[nH]cnc21. The lowest BCUT2D eigenvalue weighted by Crippen LogP contribution is -2.44. The molecule has 0 unspecified atom stereocenters. The molecule has 0 fully saturated rings. The highest BCUT2D eigenvalue weighted by atomic mass is 16.5. The Morgan fingerprint density at radius 3 is 3.11 bits per heavy atom. The van der Waals surface area contributed by atoms with E-state index < -0.39 is 0 Å². The van der Waals surface area contributed by atoms with E-state index in [9.17, 15) is 4.79 Å². The molecular formula is C19H24N6O2. The molecule has 8 heteroatoms. The summed E-state index contributed by atoms with van der Waals surface area (Å²) in [5.74, 6) is 1.71. The third kappa shape index (κ3) is 3.40. The monoisotopic (exact) mass is 368 g/mol. The van der Waals surface area contributed by atoms with E-state index in [4.69, 9.17) is 4.74 Å². The van der Waals surface area contributed by atoms with Gasteiger partial charge in [0, 0.05) is 44.2 Å². The number of carbonyl (C=O) groups is 1. The van der Waals surface area contributed by atoms with E-state index in [-0.39, 0.29) is 11.9 Å². The van der Waals surface area contributed by atoms with Crippen LogP contribution in [0.1, 0.15) is 30.2 Å². The standard InChI is InChI=1S/C19H24N6O2/c1-3-25(19(26)18-17-14(6-8-20-18)21-11-22-17)9-7-16-23-13-5-4-12(27-2)10-15(13)24-16/h4-5,10-11,18,20H,3,6-9H2,1-2H3,(H,21,22)(H,23,24)/t18-/m1/s1. The molecule has 0 radical (unpaired) electrons. The summed E-state index contributed by atoms with van der Waals surface area (Å²) in [6.07, 6.45) is 3.20. The molecule has 8 nitrogen and oxygen atoms in total. The summed E-state index contributed by atoms with van der Waals surface area (Å²) in [4.78, 5) is 30.3. The number of imidazole rings is 2. The molecule has 4 rings (SSSR count). The Kier molecular flexibility index (Phi) is 4.81. The first-order valence-corrected chi connectivity index (χ1v) is 9.26. The van der Waals surface area contributed by atoms with Gasteiger partial charge in [0.1, 0.15) is 17.6 Å². The van der Waals surface area contributed by atoms with Crippen LogP contribution in [0.5, 0.6) is 5.75 Å². The van der Waals surface area contributed by atoms with Crippen molar-refractivity contribution in [3.05, 3.63) is 41.7 Å². The molecule has 0 aliphatic carbocycles. The van der Waals surface area contributed by atoms with Gasteiger partial charge < -0.3 is 24.9 Å². The van der Waals surface area contributed by atoms with Crippen LogP contribution in [0.2, 0.25) is 0 Å². The normalized spacial score (nSPS) is 16.3. The predicted molar refractivity (Wildman–Crippen MR) is 102 cm³/mol. The fourth-order valence-electron chi connectivity index (χ4n) is 3.56. The average Bonchev–Trinajstić information content (AvgIpc) is 3.33. The number of hydrogen-bond donors (Lipinski definition) is 3. The van der Waals surface area contributed by atoms with Gasteiger partial charge in [-0.25, -0.2) is 9.97 Å². The summed E-state index contributed by atoms with van der Waals surface area (Å²) in [6.45, 7) is 4.01. The second-order valence-corrected chi connectivity index (χ2v) is 6.64. The fraction of sp³-hybridized carbons (Fsp3) is 0.421. The molecular weight excluding hydrogens is 344 g/mol. The van der Waals surface area contributed by atoms with Crippen LogP contribution in [0.4, 0.5) is 0 Å². The Morgan fingerprint density at radius 1 is 1.41 bits per heavy atom. The van der Waals surface area contributed by atoms with Crippen LogP contribution in [0, 0.1) is 0 Å². The quantitative estimate of drug-likeness (QED) is 0.613. The van der Waals surface area contributed by atoms with E-state index in [1.165, 1.54) is 0 Å². The van der Waals surface area contributed by atoms with Gasteiger partial charge in [-0.2, -0.15) is 0 Å². The van der Waals surface area contributed by atoms with E-state index in [2.05, 4.69) is 25.3 Å². The zero-order valence-corrected chi connectivity index (χ0v) is 15.6. The highest BCUT2D eigenvalue weighted by molar-refractivity contribution is 5.83. The van der Waals surface area contributed by atoms with E-state index in [1.54, 1.807) is 13.4 Å². The number of aromatic nitrogens is 4. The van der Waals surface area contributed by atoms with Crippen LogP contribution in [-0.2, 0) is 17.6 Å². The number of H-pyrrole nitrogens is 2. The molecule has 1 atom stereocenters. The highest BCUT2D eigenvalue weighted by Crippen LogP contribution is 2.22. The number of nitrogens with one attached hydrogen (secondary N) is 3. The van der Waals surface area contributed by atoms with Crippen molar-refractivity contribution in [1.29, 1.82) is 0 Å². The molecule has 3 aromatic rings. The predicted octanol–water partition coefficient (Wildman–Crippen LogP) is 1.57. The molecule has 27 heavy (non-hydrogen) atoms. The van der Waals surface area contributed by atoms with E-state index in [1.807, 2.05) is 30.0 Å². The number of amides is 1. The number of methoxy groups -OCH3 is 1. The number of benzene rings is 1. The topological polar surface area (TPSA) is 98.9 Å². The second kappa shape index (κ2) is 7.40. The number of hydrogen-bond acceptors (Lipinski definition) is 5. The van der Waals surface area contributed by atoms with Gasteiger partial charge in [-0.3, -0.25) is 4.79 Å². The summed E-state index contributed by atoms with van der Waals surface area (Å²) in [5, 5.41) is 3.30. The summed E-state index contributed by atoms with van der Waals surface area (Å²) >= 11 is 0. The van der Waals surface area contributed by atoms with Gasteiger partial charge in [0.05, 0.1) is 30.2 Å². The third-order valence-corrected chi connectivity index (χ3v) is 5.05. The van der Waals surface area contributed by atoms with Crippen molar-refractivity contribution in [2.45, 2.75) is 25.8 Å². The first-order valence-electron chi connectivity index (χ1n) is 9.26. The van der Waals surface area contributed by atoms with Gasteiger partial charge in [-0.1, -0.05) is 0 Å². The summed E-state index contributed by atoms with van der Waals surface area (Å²) in [5.41, 5.74) is 3.71. The molecule has 3 heterocycles. The molecule has 1 aromatic carbocycles. The minimum Gasteiger partial charge on any atom is -0.497 e. The Hall–Kier alpha value is -2.87. The highest BCUT2D eigenvalue weighted by Gasteiger charge is 2.31. The maximum absolute atomic E-state index is 13.0.